The molecule has 0 amide bonds. The molecule has 0 bridgehead atoms. The van der Waals surface area contributed by atoms with Crippen molar-refractivity contribution >= 4 is 0 Å². The van der Waals surface area contributed by atoms with Crippen LogP contribution in [0.5, 0.6) is 0 Å². The predicted octanol–water partition coefficient (Wildman–Crippen LogP) is 0.659. The van der Waals surface area contributed by atoms with Crippen molar-refractivity contribution in [3.8, 4) is 0 Å². The average Bonchev–Trinajstić information content (AvgIpc) is 2.33. The minimum Gasteiger partial charge on any atom is -0.396 e. The van der Waals surface area contributed by atoms with Gasteiger partial charge in [0.15, 0.2) is 0 Å². The lowest BCUT2D eigenvalue weighted by Crippen LogP contribution is -2.52. The van der Waals surface area contributed by atoms with E-state index in [-0.39, 0.29) is 12.0 Å². The quantitative estimate of drug-likeness (QED) is 0.757. The minimum atomic E-state index is 0.0293. The zero-order chi connectivity index (χ0) is 13.0. The van der Waals surface area contributed by atoms with E-state index in [0.717, 1.165) is 32.2 Å². The van der Waals surface area contributed by atoms with Gasteiger partial charge in [0.05, 0.1) is 25.2 Å². The van der Waals surface area contributed by atoms with Gasteiger partial charge in [0.2, 0.25) is 0 Å². The van der Waals surface area contributed by atoms with Crippen LogP contribution in [0.2, 0.25) is 0 Å². The first-order chi connectivity index (χ1) is 8.63. The Labute approximate surface area is 111 Å². The Morgan fingerprint density at radius 3 is 2.50 bits per heavy atom. The van der Waals surface area contributed by atoms with E-state index >= 15 is 0 Å². The number of likely N-dealkylation sites (tertiary alicyclic amines) is 1. The van der Waals surface area contributed by atoms with Gasteiger partial charge < -0.3 is 19.6 Å². The molecule has 0 spiro atoms. The van der Waals surface area contributed by atoms with Gasteiger partial charge in [-0.25, -0.2) is 0 Å². The van der Waals surface area contributed by atoms with Crippen LogP contribution in [0.4, 0.5) is 0 Å². The van der Waals surface area contributed by atoms with Crippen molar-refractivity contribution in [2.24, 2.45) is 11.3 Å². The summed E-state index contributed by atoms with van der Waals surface area (Å²) >= 11 is 0. The summed E-state index contributed by atoms with van der Waals surface area (Å²) in [5.41, 5.74) is 0.0293. The lowest BCUT2D eigenvalue weighted by atomic mass is 9.86. The number of ether oxygens (including phenoxy) is 1. The number of hydrogen-bond acceptors (Lipinski definition) is 4. The maximum atomic E-state index is 9.42. The van der Waals surface area contributed by atoms with E-state index in [1.54, 1.807) is 0 Å². The summed E-state index contributed by atoms with van der Waals surface area (Å²) in [5.74, 6) is 0.895. The molecule has 1 N–H and O–H groups in total. The number of rotatable bonds is 6. The number of piperidine rings is 1. The van der Waals surface area contributed by atoms with Crippen LogP contribution in [0.15, 0.2) is 0 Å². The van der Waals surface area contributed by atoms with Crippen LogP contribution in [-0.4, -0.2) is 75.0 Å². The van der Waals surface area contributed by atoms with Crippen molar-refractivity contribution in [1.82, 2.24) is 9.80 Å². The molecule has 0 aromatic heterocycles. The van der Waals surface area contributed by atoms with Gasteiger partial charge >= 0.3 is 0 Å². The summed E-state index contributed by atoms with van der Waals surface area (Å²) in [7, 11) is 4.38. The smallest absolute Gasteiger partial charge is 0.0579 e. The Balaban J connectivity index is 1.64. The van der Waals surface area contributed by atoms with Crippen molar-refractivity contribution in [2.45, 2.75) is 19.3 Å². The summed E-state index contributed by atoms with van der Waals surface area (Å²) in [6.07, 6.45) is 3.99. The van der Waals surface area contributed by atoms with Crippen molar-refractivity contribution in [2.75, 3.05) is 60.1 Å². The maximum absolute atomic E-state index is 9.42. The fraction of sp³-hybridized carbons (Fsp3) is 1.00. The first-order valence-electron chi connectivity index (χ1n) is 7.19. The van der Waals surface area contributed by atoms with Gasteiger partial charge in [-0.05, 0) is 58.9 Å². The van der Waals surface area contributed by atoms with E-state index < -0.39 is 0 Å². The first kappa shape index (κ1) is 14.3. The number of nitrogens with zero attached hydrogens (tertiary/aromatic N) is 2. The maximum Gasteiger partial charge on any atom is 0.0579 e. The van der Waals surface area contributed by atoms with Gasteiger partial charge in [-0.2, -0.15) is 0 Å². The van der Waals surface area contributed by atoms with Crippen LogP contribution in [0.1, 0.15) is 19.3 Å². The monoisotopic (exact) mass is 256 g/mol. The minimum absolute atomic E-state index is 0.0293. The zero-order valence-electron chi connectivity index (χ0n) is 11.9. The van der Waals surface area contributed by atoms with Gasteiger partial charge in [-0.1, -0.05) is 0 Å². The van der Waals surface area contributed by atoms with Crippen LogP contribution in [0.3, 0.4) is 0 Å². The highest BCUT2D eigenvalue weighted by molar-refractivity contribution is 4.87. The first-order valence-corrected chi connectivity index (χ1v) is 7.19. The molecule has 4 heteroatoms. The second-order valence-corrected chi connectivity index (χ2v) is 6.42. The fourth-order valence-corrected chi connectivity index (χ4v) is 3.03. The third-order valence-corrected chi connectivity index (χ3v) is 4.51. The molecule has 2 rings (SSSR count). The lowest BCUT2D eigenvalue weighted by Gasteiger charge is -2.42. The molecule has 18 heavy (non-hydrogen) atoms. The molecular formula is C14H28N2O2. The molecule has 0 aliphatic carbocycles. The molecule has 106 valence electrons. The third-order valence-electron chi connectivity index (χ3n) is 4.51. The van der Waals surface area contributed by atoms with E-state index in [9.17, 15) is 5.11 Å². The topological polar surface area (TPSA) is 35.9 Å². The molecule has 2 aliphatic heterocycles. The van der Waals surface area contributed by atoms with Crippen LogP contribution in [0, 0.1) is 11.3 Å². The van der Waals surface area contributed by atoms with Gasteiger partial charge in [0, 0.05) is 6.54 Å². The molecule has 2 fully saturated rings. The second kappa shape index (κ2) is 6.33. The van der Waals surface area contributed by atoms with Gasteiger partial charge in [0.25, 0.3) is 0 Å². The van der Waals surface area contributed by atoms with Crippen LogP contribution in [0.25, 0.3) is 0 Å². The lowest BCUT2D eigenvalue weighted by molar-refractivity contribution is -0.146. The number of aliphatic hydroxyl groups is 1. The second-order valence-electron chi connectivity index (χ2n) is 6.42. The summed E-state index contributed by atoms with van der Waals surface area (Å²) in [5, 5.41) is 9.42. The van der Waals surface area contributed by atoms with Crippen molar-refractivity contribution in [3.05, 3.63) is 0 Å². The summed E-state index contributed by atoms with van der Waals surface area (Å²) in [6, 6.07) is 0. The van der Waals surface area contributed by atoms with Gasteiger partial charge in [-0.3, -0.25) is 0 Å². The molecule has 0 saturated carbocycles. The SMILES string of the molecule is CN1CCC(CCN(C)CC2(CO)COC2)CC1. The summed E-state index contributed by atoms with van der Waals surface area (Å²) in [4.78, 5) is 4.80. The van der Waals surface area contributed by atoms with E-state index in [4.69, 9.17) is 4.74 Å². The van der Waals surface area contributed by atoms with Crippen LogP contribution >= 0.6 is 0 Å². The standard InChI is InChI=1S/C14H28N2O2/c1-15-6-3-13(4-7-15)5-8-16(2)9-14(10-17)11-18-12-14/h13,17H,3-12H2,1-2H3. The van der Waals surface area contributed by atoms with Crippen molar-refractivity contribution in [1.29, 1.82) is 0 Å². The summed E-state index contributed by atoms with van der Waals surface area (Å²) in [6.45, 7) is 6.33. The Bertz CT molecular complexity index is 243. The number of hydrogen-bond donors (Lipinski definition) is 1. The highest BCUT2D eigenvalue weighted by atomic mass is 16.5. The highest BCUT2D eigenvalue weighted by Crippen LogP contribution is 2.28. The Hall–Kier alpha value is -0.160. The van der Waals surface area contributed by atoms with E-state index in [1.807, 2.05) is 0 Å². The molecule has 0 atom stereocenters. The molecule has 0 aromatic carbocycles. The third kappa shape index (κ3) is 3.67. The molecule has 2 saturated heterocycles. The van der Waals surface area contributed by atoms with E-state index in [0.29, 0.717) is 0 Å². The molecule has 0 unspecified atom stereocenters. The van der Waals surface area contributed by atoms with Crippen molar-refractivity contribution < 1.29 is 9.84 Å². The molecule has 2 heterocycles. The Kier molecular flexibility index (Phi) is 5.01. The Morgan fingerprint density at radius 1 is 1.33 bits per heavy atom. The predicted molar refractivity (Wildman–Crippen MR) is 72.7 cm³/mol. The Morgan fingerprint density at radius 2 is 2.00 bits per heavy atom. The summed E-state index contributed by atoms with van der Waals surface area (Å²) < 4.78 is 5.24. The highest BCUT2D eigenvalue weighted by Gasteiger charge is 2.38. The normalized spacial score (nSPS) is 25.3. The van der Waals surface area contributed by atoms with Gasteiger partial charge in [0.1, 0.15) is 0 Å². The largest absolute Gasteiger partial charge is 0.396 e. The van der Waals surface area contributed by atoms with Crippen molar-refractivity contribution in [3.63, 3.8) is 0 Å². The molecule has 0 radical (unpaired) electrons. The van der Waals surface area contributed by atoms with E-state index in [1.165, 1.54) is 32.4 Å². The van der Waals surface area contributed by atoms with E-state index in [2.05, 4.69) is 23.9 Å². The average molecular weight is 256 g/mol. The molecular weight excluding hydrogens is 228 g/mol. The van der Waals surface area contributed by atoms with Crippen LogP contribution < -0.4 is 0 Å². The molecule has 2 aliphatic rings. The molecule has 4 nitrogen and oxygen atoms in total. The van der Waals surface area contributed by atoms with Gasteiger partial charge in [-0.15, -0.1) is 0 Å². The molecule has 0 aromatic rings. The zero-order valence-corrected chi connectivity index (χ0v) is 11.9. The van der Waals surface area contributed by atoms with Crippen LogP contribution in [-0.2, 0) is 4.74 Å². The fourth-order valence-electron chi connectivity index (χ4n) is 3.03. The number of aliphatic hydroxyl groups excluding tert-OH is 1.